The van der Waals surface area contributed by atoms with Gasteiger partial charge in [-0.05, 0) is 44.4 Å². The molecule has 7 nitrogen and oxygen atoms in total. The van der Waals surface area contributed by atoms with Crippen molar-refractivity contribution in [3.8, 4) is 5.75 Å². The summed E-state index contributed by atoms with van der Waals surface area (Å²) < 4.78 is 5.73. The molecule has 0 bridgehead atoms. The van der Waals surface area contributed by atoms with Gasteiger partial charge >= 0.3 is 0 Å². The van der Waals surface area contributed by atoms with Gasteiger partial charge < -0.3 is 4.74 Å². The van der Waals surface area contributed by atoms with Gasteiger partial charge in [0.15, 0.2) is 6.61 Å². The SMILES string of the molecule is O=C(COc1ccc([N+](=O)[O-])cc1Br)NN=Cc1ccc2ccccc2c1. The first-order valence-electron chi connectivity index (χ1n) is 7.90. The maximum absolute atomic E-state index is 11.8. The molecule has 27 heavy (non-hydrogen) atoms. The molecular formula is C19H14BrN3O4. The maximum Gasteiger partial charge on any atom is 0.277 e. The minimum absolute atomic E-state index is 0.0707. The number of benzene rings is 3. The minimum atomic E-state index is -0.511. The molecular weight excluding hydrogens is 414 g/mol. The summed E-state index contributed by atoms with van der Waals surface area (Å²) in [5.41, 5.74) is 3.16. The third kappa shape index (κ3) is 4.89. The standard InChI is InChI=1S/C19H14BrN3O4/c20-17-10-16(23(25)26)7-8-18(17)27-12-19(24)22-21-11-13-5-6-14-3-1-2-4-15(14)9-13/h1-11H,12H2,(H,22,24). The molecule has 0 aliphatic heterocycles. The summed E-state index contributed by atoms with van der Waals surface area (Å²) in [5.74, 6) is -0.119. The molecule has 3 rings (SSSR count). The highest BCUT2D eigenvalue weighted by molar-refractivity contribution is 9.10. The normalized spacial score (nSPS) is 10.9. The van der Waals surface area contributed by atoms with Gasteiger partial charge in [0.05, 0.1) is 15.6 Å². The molecule has 0 unspecified atom stereocenters. The number of ether oxygens (including phenoxy) is 1. The van der Waals surface area contributed by atoms with Gasteiger partial charge in [-0.25, -0.2) is 5.43 Å². The zero-order valence-corrected chi connectivity index (χ0v) is 15.5. The first-order chi connectivity index (χ1) is 13.0. The van der Waals surface area contributed by atoms with Crippen LogP contribution in [-0.2, 0) is 4.79 Å². The van der Waals surface area contributed by atoms with Crippen molar-refractivity contribution >= 4 is 44.5 Å². The minimum Gasteiger partial charge on any atom is -0.483 e. The smallest absolute Gasteiger partial charge is 0.277 e. The van der Waals surface area contributed by atoms with Crippen LogP contribution in [0.15, 0.2) is 70.2 Å². The number of nitrogens with zero attached hydrogens (tertiary/aromatic N) is 2. The lowest BCUT2D eigenvalue weighted by atomic mass is 10.1. The van der Waals surface area contributed by atoms with Gasteiger partial charge in [-0.15, -0.1) is 0 Å². The molecule has 0 radical (unpaired) electrons. The molecule has 1 amide bonds. The molecule has 8 heteroatoms. The van der Waals surface area contributed by atoms with Crippen molar-refractivity contribution in [3.63, 3.8) is 0 Å². The molecule has 0 spiro atoms. The van der Waals surface area contributed by atoms with Crippen LogP contribution in [0.3, 0.4) is 0 Å². The highest BCUT2D eigenvalue weighted by Gasteiger charge is 2.11. The van der Waals surface area contributed by atoms with E-state index in [4.69, 9.17) is 4.74 Å². The van der Waals surface area contributed by atoms with Crippen LogP contribution in [0.2, 0.25) is 0 Å². The first kappa shape index (κ1) is 18.5. The molecule has 0 heterocycles. The number of non-ortho nitro benzene ring substituents is 1. The fraction of sp³-hybridized carbons (Fsp3) is 0.0526. The average Bonchev–Trinajstić information content (AvgIpc) is 2.66. The van der Waals surface area contributed by atoms with E-state index in [1.807, 2.05) is 42.5 Å². The van der Waals surface area contributed by atoms with Crippen molar-refractivity contribution in [3.05, 3.63) is 80.8 Å². The summed E-state index contributed by atoms with van der Waals surface area (Å²) in [5, 5.41) is 16.8. The van der Waals surface area contributed by atoms with Crippen LogP contribution in [0.25, 0.3) is 10.8 Å². The Morgan fingerprint density at radius 3 is 2.67 bits per heavy atom. The second-order valence-electron chi connectivity index (χ2n) is 5.56. The van der Waals surface area contributed by atoms with Crippen LogP contribution in [0.5, 0.6) is 5.75 Å². The molecule has 136 valence electrons. The molecule has 0 aromatic heterocycles. The number of nitrogens with one attached hydrogen (secondary N) is 1. The van der Waals surface area contributed by atoms with Crippen molar-refractivity contribution in [2.75, 3.05) is 6.61 Å². The molecule has 0 aliphatic rings. The lowest BCUT2D eigenvalue weighted by Gasteiger charge is -2.06. The van der Waals surface area contributed by atoms with Crippen molar-refractivity contribution in [2.45, 2.75) is 0 Å². The Morgan fingerprint density at radius 1 is 1.15 bits per heavy atom. The van der Waals surface area contributed by atoms with E-state index in [0.29, 0.717) is 10.2 Å². The summed E-state index contributed by atoms with van der Waals surface area (Å²) in [6.07, 6.45) is 1.55. The maximum atomic E-state index is 11.8. The number of amides is 1. The van der Waals surface area contributed by atoms with E-state index in [1.54, 1.807) is 6.21 Å². The Kier molecular flexibility index (Phi) is 5.77. The Labute approximate surface area is 162 Å². The van der Waals surface area contributed by atoms with Gasteiger partial charge in [-0.2, -0.15) is 5.10 Å². The van der Waals surface area contributed by atoms with Crippen LogP contribution in [-0.4, -0.2) is 23.7 Å². The summed E-state index contributed by atoms with van der Waals surface area (Å²) >= 11 is 3.18. The molecule has 3 aromatic carbocycles. The molecule has 1 N–H and O–H groups in total. The van der Waals surface area contributed by atoms with Crippen molar-refractivity contribution in [2.24, 2.45) is 5.10 Å². The van der Waals surface area contributed by atoms with E-state index in [2.05, 4.69) is 26.5 Å². The summed E-state index contributed by atoms with van der Waals surface area (Å²) in [4.78, 5) is 22.0. The van der Waals surface area contributed by atoms with Crippen molar-refractivity contribution in [1.82, 2.24) is 5.43 Å². The lowest BCUT2D eigenvalue weighted by Crippen LogP contribution is -2.24. The number of hydrogen-bond acceptors (Lipinski definition) is 5. The first-order valence-corrected chi connectivity index (χ1v) is 8.70. The number of carbonyl (C=O) groups excluding carboxylic acids is 1. The van der Waals surface area contributed by atoms with E-state index in [-0.39, 0.29) is 12.3 Å². The molecule has 0 atom stereocenters. The number of rotatable bonds is 6. The average molecular weight is 428 g/mol. The Morgan fingerprint density at radius 2 is 1.93 bits per heavy atom. The second-order valence-corrected chi connectivity index (χ2v) is 6.41. The van der Waals surface area contributed by atoms with Crippen LogP contribution >= 0.6 is 15.9 Å². The van der Waals surface area contributed by atoms with Gasteiger partial charge in [-0.3, -0.25) is 14.9 Å². The van der Waals surface area contributed by atoms with Crippen molar-refractivity contribution in [1.29, 1.82) is 0 Å². The van der Waals surface area contributed by atoms with Gasteiger partial charge in [-0.1, -0.05) is 36.4 Å². The number of hydrogen-bond donors (Lipinski definition) is 1. The van der Waals surface area contributed by atoms with Crippen molar-refractivity contribution < 1.29 is 14.5 Å². The van der Waals surface area contributed by atoms with Crippen LogP contribution in [0, 0.1) is 10.1 Å². The van der Waals surface area contributed by atoms with E-state index >= 15 is 0 Å². The predicted octanol–water partition coefficient (Wildman–Crippen LogP) is 4.04. The zero-order valence-electron chi connectivity index (χ0n) is 14.0. The lowest BCUT2D eigenvalue weighted by molar-refractivity contribution is -0.384. The topological polar surface area (TPSA) is 93.8 Å². The Hall–Kier alpha value is -3.26. The van der Waals surface area contributed by atoms with E-state index in [1.165, 1.54) is 18.2 Å². The van der Waals surface area contributed by atoms with Crippen LogP contribution in [0.4, 0.5) is 5.69 Å². The van der Waals surface area contributed by atoms with Gasteiger partial charge in [0.25, 0.3) is 11.6 Å². The summed E-state index contributed by atoms with van der Waals surface area (Å²) in [6, 6.07) is 17.8. The number of nitro groups is 1. The fourth-order valence-corrected chi connectivity index (χ4v) is 2.84. The quantitative estimate of drug-likeness (QED) is 0.364. The number of halogens is 1. The highest BCUT2D eigenvalue weighted by Crippen LogP contribution is 2.28. The largest absolute Gasteiger partial charge is 0.483 e. The Bertz CT molecular complexity index is 1040. The van der Waals surface area contributed by atoms with E-state index in [0.717, 1.165) is 16.3 Å². The summed E-state index contributed by atoms with van der Waals surface area (Å²) in [7, 11) is 0. The van der Waals surface area contributed by atoms with E-state index in [9.17, 15) is 14.9 Å². The third-order valence-electron chi connectivity index (χ3n) is 3.66. The van der Waals surface area contributed by atoms with Gasteiger partial charge in [0, 0.05) is 12.1 Å². The number of nitro benzene ring substituents is 1. The number of fused-ring (bicyclic) bond motifs is 1. The molecule has 3 aromatic rings. The van der Waals surface area contributed by atoms with Gasteiger partial charge in [0.1, 0.15) is 5.75 Å². The molecule has 0 saturated heterocycles. The highest BCUT2D eigenvalue weighted by atomic mass is 79.9. The van der Waals surface area contributed by atoms with E-state index < -0.39 is 10.8 Å². The number of carbonyl (C=O) groups is 1. The zero-order chi connectivity index (χ0) is 19.2. The second kappa shape index (κ2) is 8.41. The summed E-state index contributed by atoms with van der Waals surface area (Å²) in [6.45, 7) is -0.272. The molecule has 0 fully saturated rings. The number of hydrazone groups is 1. The van der Waals surface area contributed by atoms with Crippen LogP contribution < -0.4 is 10.2 Å². The molecule has 0 saturated carbocycles. The van der Waals surface area contributed by atoms with Crippen LogP contribution in [0.1, 0.15) is 5.56 Å². The Balaban J connectivity index is 1.54. The third-order valence-corrected chi connectivity index (χ3v) is 4.28. The monoisotopic (exact) mass is 427 g/mol. The predicted molar refractivity (Wildman–Crippen MR) is 106 cm³/mol. The van der Waals surface area contributed by atoms with Gasteiger partial charge in [0.2, 0.25) is 0 Å². The molecule has 0 aliphatic carbocycles. The fourth-order valence-electron chi connectivity index (χ4n) is 2.36.